The van der Waals surface area contributed by atoms with Crippen molar-refractivity contribution in [2.45, 2.75) is 0 Å². The van der Waals surface area contributed by atoms with Crippen LogP contribution in [0.5, 0.6) is 0 Å². The molecule has 0 fully saturated rings. The number of pyridine rings is 1. The summed E-state index contributed by atoms with van der Waals surface area (Å²) >= 11 is 0. The molecule has 1 aromatic carbocycles. The lowest BCUT2D eigenvalue weighted by Crippen LogP contribution is -1.85. The molecule has 3 heteroatoms. The van der Waals surface area contributed by atoms with Crippen molar-refractivity contribution in [3.05, 3.63) is 53.9 Å². The molecule has 0 radical (unpaired) electrons. The molecule has 0 unspecified atom stereocenters. The maximum atomic E-state index is 10.6. The summed E-state index contributed by atoms with van der Waals surface area (Å²) in [5.41, 5.74) is 2.82. The fourth-order valence-corrected chi connectivity index (χ4v) is 1.42. The van der Waals surface area contributed by atoms with E-state index in [1.807, 2.05) is 24.3 Å². The van der Waals surface area contributed by atoms with Gasteiger partial charge in [0.2, 0.25) is 0 Å². The molecule has 0 saturated carbocycles. The lowest BCUT2D eigenvalue weighted by atomic mass is 10.1. The standard InChI is InChI=1S/C13H8N2O/c14-7-13-5-4-12(8-15-13)11-3-1-2-10(6-11)9-16/h1-6,8-9H. The first-order chi connectivity index (χ1) is 7.83. The Bertz CT molecular complexity index is 553. The number of hydrogen-bond acceptors (Lipinski definition) is 3. The zero-order valence-corrected chi connectivity index (χ0v) is 8.42. The summed E-state index contributed by atoms with van der Waals surface area (Å²) in [5.74, 6) is 0. The van der Waals surface area contributed by atoms with Gasteiger partial charge in [0.1, 0.15) is 18.0 Å². The van der Waals surface area contributed by atoms with Crippen LogP contribution in [0.1, 0.15) is 16.1 Å². The second-order valence-corrected chi connectivity index (χ2v) is 3.29. The van der Waals surface area contributed by atoms with Crippen LogP contribution in [-0.2, 0) is 0 Å². The van der Waals surface area contributed by atoms with Gasteiger partial charge in [-0.05, 0) is 23.8 Å². The Hall–Kier alpha value is -2.47. The van der Waals surface area contributed by atoms with E-state index in [1.165, 1.54) is 0 Å². The highest BCUT2D eigenvalue weighted by atomic mass is 16.1. The molecule has 2 aromatic rings. The number of nitriles is 1. The molecular weight excluding hydrogens is 200 g/mol. The van der Waals surface area contributed by atoms with Crippen molar-refractivity contribution < 1.29 is 4.79 Å². The number of benzene rings is 1. The van der Waals surface area contributed by atoms with E-state index in [0.29, 0.717) is 11.3 Å². The fraction of sp³-hybridized carbons (Fsp3) is 0. The molecule has 0 aliphatic rings. The second-order valence-electron chi connectivity index (χ2n) is 3.29. The van der Waals surface area contributed by atoms with E-state index >= 15 is 0 Å². The molecule has 2 rings (SSSR count). The lowest BCUT2D eigenvalue weighted by molar-refractivity contribution is 0.112. The highest BCUT2D eigenvalue weighted by molar-refractivity contribution is 5.78. The Balaban J connectivity index is 2.42. The topological polar surface area (TPSA) is 53.8 Å². The Labute approximate surface area is 93.0 Å². The third-order valence-corrected chi connectivity index (χ3v) is 2.23. The van der Waals surface area contributed by atoms with E-state index in [1.54, 1.807) is 24.4 Å². The van der Waals surface area contributed by atoms with Gasteiger partial charge in [-0.1, -0.05) is 18.2 Å². The molecule has 0 bridgehead atoms. The summed E-state index contributed by atoms with van der Waals surface area (Å²) in [4.78, 5) is 14.6. The first-order valence-electron chi connectivity index (χ1n) is 4.75. The molecule has 0 N–H and O–H groups in total. The Morgan fingerprint density at radius 2 is 2.06 bits per heavy atom. The van der Waals surface area contributed by atoms with E-state index in [-0.39, 0.29) is 0 Å². The van der Waals surface area contributed by atoms with E-state index in [9.17, 15) is 4.79 Å². The quantitative estimate of drug-likeness (QED) is 0.712. The molecule has 0 aliphatic heterocycles. The minimum absolute atomic E-state index is 0.385. The van der Waals surface area contributed by atoms with Crippen LogP contribution < -0.4 is 0 Å². The molecule has 1 heterocycles. The van der Waals surface area contributed by atoms with Crippen molar-refractivity contribution in [1.29, 1.82) is 5.26 Å². The molecule has 0 aliphatic carbocycles. The number of hydrogen-bond donors (Lipinski definition) is 0. The summed E-state index contributed by atoms with van der Waals surface area (Å²) in [6, 6.07) is 12.7. The molecule has 0 spiro atoms. The predicted octanol–water partition coefficient (Wildman–Crippen LogP) is 2.43. The van der Waals surface area contributed by atoms with Crippen LogP contribution in [0.4, 0.5) is 0 Å². The van der Waals surface area contributed by atoms with E-state index in [4.69, 9.17) is 5.26 Å². The van der Waals surface area contributed by atoms with Crippen molar-refractivity contribution in [3.63, 3.8) is 0 Å². The minimum Gasteiger partial charge on any atom is -0.298 e. The smallest absolute Gasteiger partial charge is 0.150 e. The predicted molar refractivity (Wildman–Crippen MR) is 59.8 cm³/mol. The largest absolute Gasteiger partial charge is 0.298 e. The van der Waals surface area contributed by atoms with Gasteiger partial charge < -0.3 is 0 Å². The van der Waals surface area contributed by atoms with Gasteiger partial charge in [-0.15, -0.1) is 0 Å². The molecular formula is C13H8N2O. The highest BCUT2D eigenvalue weighted by Crippen LogP contribution is 2.19. The lowest BCUT2D eigenvalue weighted by Gasteiger charge is -2.01. The number of aromatic nitrogens is 1. The maximum absolute atomic E-state index is 10.6. The normalized spacial score (nSPS) is 9.44. The van der Waals surface area contributed by atoms with Crippen LogP contribution >= 0.6 is 0 Å². The zero-order chi connectivity index (χ0) is 11.4. The third kappa shape index (κ3) is 1.96. The molecule has 0 amide bonds. The highest BCUT2D eigenvalue weighted by Gasteiger charge is 1.99. The molecule has 1 aromatic heterocycles. The molecule has 0 saturated heterocycles. The molecule has 16 heavy (non-hydrogen) atoms. The van der Waals surface area contributed by atoms with Gasteiger partial charge in [0, 0.05) is 17.3 Å². The van der Waals surface area contributed by atoms with Crippen molar-refractivity contribution in [2.24, 2.45) is 0 Å². The van der Waals surface area contributed by atoms with Crippen LogP contribution in [0.2, 0.25) is 0 Å². The van der Waals surface area contributed by atoms with Gasteiger partial charge in [-0.2, -0.15) is 5.26 Å². The van der Waals surface area contributed by atoms with Crippen LogP contribution in [0, 0.1) is 11.3 Å². The van der Waals surface area contributed by atoms with Crippen molar-refractivity contribution in [3.8, 4) is 17.2 Å². The summed E-state index contributed by atoms with van der Waals surface area (Å²) < 4.78 is 0. The monoisotopic (exact) mass is 208 g/mol. The maximum Gasteiger partial charge on any atom is 0.150 e. The van der Waals surface area contributed by atoms with E-state index < -0.39 is 0 Å². The van der Waals surface area contributed by atoms with Crippen molar-refractivity contribution in [2.75, 3.05) is 0 Å². The number of aldehydes is 1. The average Bonchev–Trinajstić information content (AvgIpc) is 2.39. The fourth-order valence-electron chi connectivity index (χ4n) is 1.42. The summed E-state index contributed by atoms with van der Waals surface area (Å²) in [6.45, 7) is 0. The Morgan fingerprint density at radius 1 is 1.19 bits per heavy atom. The second kappa shape index (κ2) is 4.37. The minimum atomic E-state index is 0.385. The Morgan fingerprint density at radius 3 is 2.69 bits per heavy atom. The van der Waals surface area contributed by atoms with Gasteiger partial charge in [0.25, 0.3) is 0 Å². The number of nitrogens with zero attached hydrogens (tertiary/aromatic N) is 2. The van der Waals surface area contributed by atoms with Crippen LogP contribution in [0.25, 0.3) is 11.1 Å². The van der Waals surface area contributed by atoms with E-state index in [2.05, 4.69) is 4.98 Å². The van der Waals surface area contributed by atoms with Crippen LogP contribution in [0.15, 0.2) is 42.6 Å². The average molecular weight is 208 g/mol. The number of carbonyl (C=O) groups excluding carboxylic acids is 1. The molecule has 3 nitrogen and oxygen atoms in total. The first-order valence-corrected chi connectivity index (χ1v) is 4.75. The summed E-state index contributed by atoms with van der Waals surface area (Å²) in [5, 5.41) is 8.62. The van der Waals surface area contributed by atoms with Gasteiger partial charge in [-0.3, -0.25) is 4.79 Å². The first kappa shape index (κ1) is 10.1. The van der Waals surface area contributed by atoms with Crippen LogP contribution in [-0.4, -0.2) is 11.3 Å². The number of carbonyl (C=O) groups is 1. The Kier molecular flexibility index (Phi) is 2.75. The van der Waals surface area contributed by atoms with Gasteiger partial charge in [0.15, 0.2) is 0 Å². The zero-order valence-electron chi connectivity index (χ0n) is 8.42. The van der Waals surface area contributed by atoms with Crippen molar-refractivity contribution in [1.82, 2.24) is 4.98 Å². The molecule has 0 atom stereocenters. The SMILES string of the molecule is N#Cc1ccc(-c2cccc(C=O)c2)cn1. The summed E-state index contributed by atoms with van der Waals surface area (Å²) in [6.07, 6.45) is 2.43. The van der Waals surface area contributed by atoms with Crippen molar-refractivity contribution >= 4 is 6.29 Å². The number of rotatable bonds is 2. The van der Waals surface area contributed by atoms with E-state index in [0.717, 1.165) is 17.4 Å². The van der Waals surface area contributed by atoms with Crippen LogP contribution in [0.3, 0.4) is 0 Å². The summed E-state index contributed by atoms with van der Waals surface area (Å²) in [7, 11) is 0. The van der Waals surface area contributed by atoms with Gasteiger partial charge in [0.05, 0.1) is 0 Å². The third-order valence-electron chi connectivity index (χ3n) is 2.23. The van der Waals surface area contributed by atoms with Gasteiger partial charge in [-0.25, -0.2) is 4.98 Å². The molecule has 76 valence electrons. The van der Waals surface area contributed by atoms with Gasteiger partial charge >= 0.3 is 0 Å².